The lowest BCUT2D eigenvalue weighted by atomic mass is 10.1. The number of hydrogen-bond acceptors (Lipinski definition) is 8. The molecule has 0 bridgehead atoms. The molecule has 5 aromatic carbocycles. The van der Waals surface area contributed by atoms with Crippen LogP contribution < -0.4 is 5.32 Å². The first kappa shape index (κ1) is 26.9. The summed E-state index contributed by atoms with van der Waals surface area (Å²) in [7, 11) is -9.44. The van der Waals surface area contributed by atoms with E-state index >= 15 is 0 Å². The van der Waals surface area contributed by atoms with E-state index < -0.39 is 42.5 Å². The second-order valence-electron chi connectivity index (χ2n) is 8.61. The molecule has 0 aliphatic heterocycles. The molecule has 0 atom stereocenters. The fourth-order valence-corrected chi connectivity index (χ4v) is 5.55. The van der Waals surface area contributed by atoms with Gasteiger partial charge in [-0.3, -0.25) is 13.9 Å². The van der Waals surface area contributed by atoms with E-state index in [-0.39, 0.29) is 32.1 Å². The maximum atomic E-state index is 12.6. The summed E-state index contributed by atoms with van der Waals surface area (Å²) in [6, 6.07) is 22.3. The van der Waals surface area contributed by atoms with Crippen molar-refractivity contribution in [2.45, 2.75) is 9.79 Å². The molecule has 0 saturated carbocycles. The Bertz CT molecular complexity index is 2060. The first-order valence-corrected chi connectivity index (χ1v) is 14.4. The Morgan fingerprint density at radius 3 is 2.05 bits per heavy atom. The van der Waals surface area contributed by atoms with E-state index in [9.17, 15) is 35.8 Å². The van der Waals surface area contributed by atoms with Crippen LogP contribution in [0.25, 0.3) is 21.5 Å². The number of aromatic hydroxyl groups is 1. The van der Waals surface area contributed by atoms with E-state index in [1.54, 1.807) is 30.3 Å². The van der Waals surface area contributed by atoms with Gasteiger partial charge < -0.3 is 10.4 Å². The zero-order valence-corrected chi connectivity index (χ0v) is 21.9. The Kier molecular flexibility index (Phi) is 6.81. The summed E-state index contributed by atoms with van der Waals surface area (Å²) < 4.78 is 67.4. The van der Waals surface area contributed by atoms with Crippen LogP contribution in [0, 0.1) is 0 Å². The zero-order valence-electron chi connectivity index (χ0n) is 20.3. The number of benzene rings is 5. The standard InChI is InChI=1S/C27H19N3O8S2/c31-26-21-15-18(28-27(32)16-6-2-1-3-7-16)13-12-17(21)14-24(40(36,37)38)25(26)30-29-22-10-4-9-20-19(22)8-5-11-23(20)39(33,34)35/h1-15,31H,(H,28,32)(H,33,34,35)(H,36,37,38). The molecular weight excluding hydrogens is 558 g/mol. The number of phenolic OH excluding ortho intramolecular Hbond substituents is 1. The number of rotatable bonds is 6. The van der Waals surface area contributed by atoms with Crippen molar-refractivity contribution in [1.82, 2.24) is 0 Å². The van der Waals surface area contributed by atoms with E-state index in [2.05, 4.69) is 15.5 Å². The summed E-state index contributed by atoms with van der Waals surface area (Å²) in [5.74, 6) is -1.04. The Labute approximate surface area is 227 Å². The third kappa shape index (κ3) is 5.26. The lowest BCUT2D eigenvalue weighted by molar-refractivity contribution is 0.102. The molecule has 0 aliphatic rings. The molecule has 1 amide bonds. The summed E-state index contributed by atoms with van der Waals surface area (Å²) in [5.41, 5.74) is 0.207. The minimum Gasteiger partial charge on any atom is -0.505 e. The Morgan fingerprint density at radius 2 is 1.35 bits per heavy atom. The van der Waals surface area contributed by atoms with Gasteiger partial charge in [-0.05, 0) is 47.9 Å². The topological polar surface area (TPSA) is 183 Å². The van der Waals surface area contributed by atoms with E-state index in [1.165, 1.54) is 54.6 Å². The van der Waals surface area contributed by atoms with Crippen LogP contribution in [0.1, 0.15) is 10.4 Å². The molecule has 0 fully saturated rings. The summed E-state index contributed by atoms with van der Waals surface area (Å²) in [6.07, 6.45) is 0. The number of nitrogens with zero attached hydrogens (tertiary/aromatic N) is 2. The van der Waals surface area contributed by atoms with Crippen LogP contribution in [-0.2, 0) is 20.2 Å². The lowest BCUT2D eigenvalue weighted by Crippen LogP contribution is -2.11. The van der Waals surface area contributed by atoms with Crippen LogP contribution in [0.4, 0.5) is 17.1 Å². The third-order valence-corrected chi connectivity index (χ3v) is 7.80. The molecule has 11 nitrogen and oxygen atoms in total. The normalized spacial score (nSPS) is 12.2. The molecule has 5 rings (SSSR count). The third-order valence-electron chi connectivity index (χ3n) is 6.02. The van der Waals surface area contributed by atoms with Gasteiger partial charge in [0.05, 0.1) is 5.69 Å². The van der Waals surface area contributed by atoms with Gasteiger partial charge in [0.25, 0.3) is 26.1 Å². The van der Waals surface area contributed by atoms with Gasteiger partial charge in [-0.25, -0.2) is 0 Å². The molecule has 0 radical (unpaired) electrons. The average molecular weight is 578 g/mol. The van der Waals surface area contributed by atoms with E-state index in [0.29, 0.717) is 11.3 Å². The predicted molar refractivity (Wildman–Crippen MR) is 148 cm³/mol. The number of amides is 1. The monoisotopic (exact) mass is 577 g/mol. The highest BCUT2D eigenvalue weighted by Gasteiger charge is 2.23. The van der Waals surface area contributed by atoms with Gasteiger partial charge in [0.1, 0.15) is 15.5 Å². The highest BCUT2D eigenvalue weighted by Crippen LogP contribution is 2.42. The fourth-order valence-electron chi connectivity index (χ4n) is 4.19. The second-order valence-corrected chi connectivity index (χ2v) is 11.4. The zero-order chi connectivity index (χ0) is 28.7. The number of carbonyl (C=O) groups excluding carboxylic acids is 1. The van der Waals surface area contributed by atoms with Crippen LogP contribution in [0.3, 0.4) is 0 Å². The molecule has 0 aromatic heterocycles. The minimum absolute atomic E-state index is 0.0904. The maximum Gasteiger partial charge on any atom is 0.296 e. The van der Waals surface area contributed by atoms with Crippen LogP contribution in [0.15, 0.2) is 111 Å². The van der Waals surface area contributed by atoms with Crippen LogP contribution in [0.5, 0.6) is 5.75 Å². The largest absolute Gasteiger partial charge is 0.505 e. The van der Waals surface area contributed by atoms with Gasteiger partial charge in [-0.15, -0.1) is 10.2 Å². The maximum absolute atomic E-state index is 12.6. The predicted octanol–water partition coefficient (Wildman–Crippen LogP) is 5.86. The molecule has 5 aromatic rings. The van der Waals surface area contributed by atoms with Crippen LogP contribution in [-0.4, -0.2) is 37.0 Å². The van der Waals surface area contributed by atoms with Crippen molar-refractivity contribution in [3.63, 3.8) is 0 Å². The Balaban J connectivity index is 1.63. The van der Waals surface area contributed by atoms with Crippen molar-refractivity contribution in [2.24, 2.45) is 10.2 Å². The number of anilines is 1. The van der Waals surface area contributed by atoms with E-state index in [1.807, 2.05) is 0 Å². The molecule has 0 heterocycles. The average Bonchev–Trinajstić information content (AvgIpc) is 2.91. The highest BCUT2D eigenvalue weighted by atomic mass is 32.2. The smallest absolute Gasteiger partial charge is 0.296 e. The van der Waals surface area contributed by atoms with Crippen molar-refractivity contribution < 1.29 is 35.8 Å². The fraction of sp³-hybridized carbons (Fsp3) is 0. The Morgan fingerprint density at radius 1 is 0.675 bits per heavy atom. The molecular formula is C27H19N3O8S2. The van der Waals surface area contributed by atoms with E-state index in [4.69, 9.17) is 0 Å². The summed E-state index contributed by atoms with van der Waals surface area (Å²) in [5, 5.41) is 22.4. The van der Waals surface area contributed by atoms with Crippen molar-refractivity contribution in [3.8, 4) is 5.75 Å². The summed E-state index contributed by atoms with van der Waals surface area (Å²) >= 11 is 0. The van der Waals surface area contributed by atoms with Gasteiger partial charge in [0.15, 0.2) is 5.75 Å². The number of carbonyl (C=O) groups is 1. The van der Waals surface area contributed by atoms with Crippen LogP contribution in [0.2, 0.25) is 0 Å². The van der Waals surface area contributed by atoms with E-state index in [0.717, 1.165) is 6.07 Å². The molecule has 202 valence electrons. The highest BCUT2D eigenvalue weighted by molar-refractivity contribution is 7.86. The van der Waals surface area contributed by atoms with Crippen molar-refractivity contribution in [2.75, 3.05) is 5.32 Å². The van der Waals surface area contributed by atoms with Crippen molar-refractivity contribution in [1.29, 1.82) is 0 Å². The number of fused-ring (bicyclic) bond motifs is 2. The molecule has 0 unspecified atom stereocenters. The number of nitrogens with one attached hydrogen (secondary N) is 1. The SMILES string of the molecule is O=C(Nc1ccc2cc(S(=O)(=O)O)c(N=Nc3cccc4c(S(=O)(=O)O)cccc34)c(O)c2c1)c1ccccc1. The Hall–Kier alpha value is -4.69. The molecule has 0 spiro atoms. The quantitative estimate of drug-likeness (QED) is 0.143. The summed E-state index contributed by atoms with van der Waals surface area (Å²) in [6.45, 7) is 0. The van der Waals surface area contributed by atoms with Gasteiger partial charge in [-0.1, -0.05) is 48.5 Å². The van der Waals surface area contributed by atoms with Crippen molar-refractivity contribution >= 4 is 64.8 Å². The lowest BCUT2D eigenvalue weighted by Gasteiger charge is -2.11. The van der Waals surface area contributed by atoms with Crippen LogP contribution >= 0.6 is 0 Å². The first-order valence-electron chi connectivity index (χ1n) is 11.5. The molecule has 13 heteroatoms. The number of hydrogen-bond donors (Lipinski definition) is 4. The molecule has 4 N–H and O–H groups in total. The van der Waals surface area contributed by atoms with Gasteiger partial charge in [0.2, 0.25) is 0 Å². The molecule has 40 heavy (non-hydrogen) atoms. The van der Waals surface area contributed by atoms with Gasteiger partial charge in [-0.2, -0.15) is 16.8 Å². The number of phenols is 1. The second kappa shape index (κ2) is 10.1. The minimum atomic E-state index is -4.88. The molecule has 0 saturated heterocycles. The van der Waals surface area contributed by atoms with Gasteiger partial charge >= 0.3 is 0 Å². The van der Waals surface area contributed by atoms with Gasteiger partial charge in [0, 0.05) is 27.4 Å². The first-order chi connectivity index (χ1) is 18.9. The molecule has 0 aliphatic carbocycles. The number of azo groups is 1. The van der Waals surface area contributed by atoms with Crippen molar-refractivity contribution in [3.05, 3.63) is 96.6 Å². The summed E-state index contributed by atoms with van der Waals surface area (Å²) in [4.78, 5) is 11.5.